The van der Waals surface area contributed by atoms with Gasteiger partial charge in [0.15, 0.2) is 0 Å². The minimum atomic E-state index is -0.998. The molecule has 1 aliphatic rings. The lowest BCUT2D eigenvalue weighted by molar-refractivity contribution is -0.137. The topological polar surface area (TPSA) is 60.8 Å². The molecule has 1 aliphatic heterocycles. The van der Waals surface area contributed by atoms with Gasteiger partial charge in [-0.25, -0.2) is 0 Å². The molecule has 1 heterocycles. The van der Waals surface area contributed by atoms with E-state index in [1.165, 1.54) is 5.56 Å². The zero-order valence-corrected chi connectivity index (χ0v) is 12.0. The van der Waals surface area contributed by atoms with Crippen LogP contribution in [0.5, 0.6) is 0 Å². The maximum absolute atomic E-state index is 12.3. The molecule has 1 aromatic rings. The zero-order chi connectivity index (χ0) is 14.6. The standard InChI is InChI=1S/C16H23NO3/c1-13(14-5-3-2-4-6-14)11-15(19)17-9-7-16(20,12-18)8-10-17/h2-6,13,18,20H,7-12H2,1H3. The highest BCUT2D eigenvalue weighted by Gasteiger charge is 2.33. The van der Waals surface area contributed by atoms with Gasteiger partial charge in [-0.05, 0) is 24.3 Å². The Morgan fingerprint density at radius 1 is 1.30 bits per heavy atom. The van der Waals surface area contributed by atoms with Crippen LogP contribution in [0.15, 0.2) is 30.3 Å². The van der Waals surface area contributed by atoms with E-state index in [0.29, 0.717) is 32.4 Å². The van der Waals surface area contributed by atoms with Gasteiger partial charge in [0.1, 0.15) is 0 Å². The molecule has 20 heavy (non-hydrogen) atoms. The maximum Gasteiger partial charge on any atom is 0.223 e. The molecule has 0 saturated carbocycles. The molecule has 1 atom stereocenters. The second-order valence-electron chi connectivity index (χ2n) is 5.78. The largest absolute Gasteiger partial charge is 0.393 e. The number of aliphatic hydroxyl groups excluding tert-OH is 1. The lowest BCUT2D eigenvalue weighted by Gasteiger charge is -2.37. The molecule has 1 unspecified atom stereocenters. The van der Waals surface area contributed by atoms with Crippen molar-refractivity contribution in [3.8, 4) is 0 Å². The van der Waals surface area contributed by atoms with Crippen LogP contribution in [-0.2, 0) is 4.79 Å². The van der Waals surface area contributed by atoms with Gasteiger partial charge in [0.05, 0.1) is 12.2 Å². The second-order valence-corrected chi connectivity index (χ2v) is 5.78. The Bertz CT molecular complexity index is 438. The Morgan fingerprint density at radius 2 is 1.90 bits per heavy atom. The van der Waals surface area contributed by atoms with Gasteiger partial charge in [-0.15, -0.1) is 0 Å². The summed E-state index contributed by atoms with van der Waals surface area (Å²) in [4.78, 5) is 14.1. The maximum atomic E-state index is 12.3. The number of amides is 1. The van der Waals surface area contributed by atoms with Gasteiger partial charge in [-0.2, -0.15) is 0 Å². The first-order valence-electron chi connectivity index (χ1n) is 7.20. The van der Waals surface area contributed by atoms with Crippen molar-refractivity contribution in [2.45, 2.75) is 37.7 Å². The summed E-state index contributed by atoms with van der Waals surface area (Å²) in [6.07, 6.45) is 1.39. The van der Waals surface area contributed by atoms with Crippen LogP contribution in [0.3, 0.4) is 0 Å². The molecule has 1 fully saturated rings. The predicted molar refractivity (Wildman–Crippen MR) is 77.3 cm³/mol. The number of hydrogen-bond acceptors (Lipinski definition) is 3. The first-order chi connectivity index (χ1) is 9.54. The summed E-state index contributed by atoms with van der Waals surface area (Å²) in [6, 6.07) is 10.0. The fourth-order valence-corrected chi connectivity index (χ4v) is 2.62. The molecule has 2 N–H and O–H groups in total. The fraction of sp³-hybridized carbons (Fsp3) is 0.562. The molecule has 1 amide bonds. The number of benzene rings is 1. The number of aliphatic hydroxyl groups is 2. The smallest absolute Gasteiger partial charge is 0.223 e. The van der Waals surface area contributed by atoms with Crippen LogP contribution in [0.4, 0.5) is 0 Å². The van der Waals surface area contributed by atoms with Gasteiger partial charge in [0.2, 0.25) is 5.91 Å². The second kappa shape index (κ2) is 6.37. The minimum absolute atomic E-state index is 0.126. The first-order valence-corrected chi connectivity index (χ1v) is 7.20. The molecule has 0 aromatic heterocycles. The van der Waals surface area contributed by atoms with Crippen LogP contribution >= 0.6 is 0 Å². The first kappa shape index (κ1) is 15.0. The van der Waals surface area contributed by atoms with Gasteiger partial charge in [-0.1, -0.05) is 37.3 Å². The minimum Gasteiger partial charge on any atom is -0.393 e. The third-order valence-electron chi connectivity index (χ3n) is 4.19. The van der Waals surface area contributed by atoms with Crippen LogP contribution in [-0.4, -0.2) is 46.3 Å². The van der Waals surface area contributed by atoms with E-state index in [9.17, 15) is 9.90 Å². The predicted octanol–water partition coefficient (Wildman–Crippen LogP) is 1.53. The van der Waals surface area contributed by atoms with Crippen molar-refractivity contribution < 1.29 is 15.0 Å². The molecule has 0 aliphatic carbocycles. The molecular formula is C16H23NO3. The van der Waals surface area contributed by atoms with Crippen LogP contribution in [0.2, 0.25) is 0 Å². The zero-order valence-electron chi connectivity index (χ0n) is 12.0. The van der Waals surface area contributed by atoms with Gasteiger partial charge >= 0.3 is 0 Å². The van der Waals surface area contributed by atoms with Crippen molar-refractivity contribution in [2.75, 3.05) is 19.7 Å². The number of carbonyl (C=O) groups excluding carboxylic acids is 1. The lowest BCUT2D eigenvalue weighted by atomic mass is 9.91. The van der Waals surface area contributed by atoms with Crippen molar-refractivity contribution >= 4 is 5.91 Å². The molecule has 0 radical (unpaired) electrons. The quantitative estimate of drug-likeness (QED) is 0.877. The summed E-state index contributed by atoms with van der Waals surface area (Å²) in [7, 11) is 0. The van der Waals surface area contributed by atoms with E-state index in [1.807, 2.05) is 30.3 Å². The van der Waals surface area contributed by atoms with Gasteiger partial charge in [0.25, 0.3) is 0 Å². The van der Waals surface area contributed by atoms with Crippen LogP contribution in [0, 0.1) is 0 Å². The number of carbonyl (C=O) groups is 1. The highest BCUT2D eigenvalue weighted by Crippen LogP contribution is 2.24. The summed E-state index contributed by atoms with van der Waals surface area (Å²) >= 11 is 0. The van der Waals surface area contributed by atoms with E-state index in [4.69, 9.17) is 5.11 Å². The van der Waals surface area contributed by atoms with Crippen LogP contribution < -0.4 is 0 Å². The highest BCUT2D eigenvalue weighted by atomic mass is 16.3. The Kier molecular flexibility index (Phi) is 4.78. The number of hydrogen-bond donors (Lipinski definition) is 2. The van der Waals surface area contributed by atoms with E-state index >= 15 is 0 Å². The summed E-state index contributed by atoms with van der Waals surface area (Å²) in [6.45, 7) is 2.88. The number of rotatable bonds is 4. The Hall–Kier alpha value is -1.39. The van der Waals surface area contributed by atoms with Crippen molar-refractivity contribution in [2.24, 2.45) is 0 Å². The van der Waals surface area contributed by atoms with Crippen LogP contribution in [0.25, 0.3) is 0 Å². The molecule has 0 spiro atoms. The van der Waals surface area contributed by atoms with E-state index < -0.39 is 5.60 Å². The Labute approximate surface area is 120 Å². The molecule has 1 aromatic carbocycles. The number of piperidine rings is 1. The van der Waals surface area contributed by atoms with Crippen molar-refractivity contribution in [3.05, 3.63) is 35.9 Å². The Morgan fingerprint density at radius 3 is 2.45 bits per heavy atom. The van der Waals surface area contributed by atoms with Gasteiger partial charge < -0.3 is 15.1 Å². The number of nitrogens with zero attached hydrogens (tertiary/aromatic N) is 1. The van der Waals surface area contributed by atoms with Crippen molar-refractivity contribution in [1.82, 2.24) is 4.90 Å². The van der Waals surface area contributed by atoms with E-state index in [1.54, 1.807) is 4.90 Å². The third-order valence-corrected chi connectivity index (χ3v) is 4.19. The van der Waals surface area contributed by atoms with Gasteiger partial charge in [0, 0.05) is 19.5 Å². The van der Waals surface area contributed by atoms with E-state index in [-0.39, 0.29) is 18.4 Å². The summed E-state index contributed by atoms with van der Waals surface area (Å²) in [5.74, 6) is 0.323. The van der Waals surface area contributed by atoms with Gasteiger partial charge in [-0.3, -0.25) is 4.79 Å². The molecule has 4 heteroatoms. The fourth-order valence-electron chi connectivity index (χ4n) is 2.62. The summed E-state index contributed by atoms with van der Waals surface area (Å²) in [5, 5.41) is 19.1. The third kappa shape index (κ3) is 3.58. The number of likely N-dealkylation sites (tertiary alicyclic amines) is 1. The molecule has 0 bridgehead atoms. The van der Waals surface area contributed by atoms with E-state index in [2.05, 4.69) is 6.92 Å². The SMILES string of the molecule is CC(CC(=O)N1CCC(O)(CO)CC1)c1ccccc1. The summed E-state index contributed by atoms with van der Waals surface area (Å²) < 4.78 is 0. The average molecular weight is 277 g/mol. The molecule has 1 saturated heterocycles. The normalized spacial score (nSPS) is 19.6. The van der Waals surface area contributed by atoms with Crippen molar-refractivity contribution in [1.29, 1.82) is 0 Å². The summed E-state index contributed by atoms with van der Waals surface area (Å²) in [5.41, 5.74) is 0.173. The molecule has 2 rings (SSSR count). The average Bonchev–Trinajstić information content (AvgIpc) is 2.48. The van der Waals surface area contributed by atoms with Crippen LogP contribution in [0.1, 0.15) is 37.7 Å². The van der Waals surface area contributed by atoms with Crippen molar-refractivity contribution in [3.63, 3.8) is 0 Å². The lowest BCUT2D eigenvalue weighted by Crippen LogP contribution is -2.48. The molecule has 110 valence electrons. The highest BCUT2D eigenvalue weighted by molar-refractivity contribution is 5.77. The Balaban J connectivity index is 1.87. The molecule has 4 nitrogen and oxygen atoms in total. The monoisotopic (exact) mass is 277 g/mol. The molecular weight excluding hydrogens is 254 g/mol. The van der Waals surface area contributed by atoms with E-state index in [0.717, 1.165) is 0 Å².